The first-order chi connectivity index (χ1) is 5.11. The zero-order valence-electron chi connectivity index (χ0n) is 7.07. The fourth-order valence-corrected chi connectivity index (χ4v) is 0.871. The van der Waals surface area contributed by atoms with Crippen LogP contribution in [0.1, 0.15) is 5.69 Å². The highest BCUT2D eigenvalue weighted by Crippen LogP contribution is 2.08. The molecule has 0 saturated carbocycles. The molecule has 3 nitrogen and oxygen atoms in total. The molecule has 60 valence electrons. The minimum atomic E-state index is 0.830. The normalized spacial score (nSPS) is 9.73. The lowest BCUT2D eigenvalue weighted by Gasteiger charge is -2.10. The van der Waals surface area contributed by atoms with E-state index in [1.165, 1.54) is 0 Å². The molecule has 0 aliphatic carbocycles. The molecular weight excluding hydrogens is 140 g/mol. The molecule has 0 aliphatic heterocycles. The van der Waals surface area contributed by atoms with Crippen LogP contribution in [0.25, 0.3) is 0 Å². The summed E-state index contributed by atoms with van der Waals surface area (Å²) < 4.78 is 1.10. The Morgan fingerprint density at radius 2 is 2.09 bits per heavy atom. The summed E-state index contributed by atoms with van der Waals surface area (Å²) in [6, 6.07) is 3.77. The van der Waals surface area contributed by atoms with Crippen molar-refractivity contribution in [3.05, 3.63) is 24.0 Å². The predicted molar refractivity (Wildman–Crippen MR) is 42.9 cm³/mol. The summed E-state index contributed by atoms with van der Waals surface area (Å²) in [5, 5.41) is 9.12. The standard InChI is InChI=1S/C8H13N2O/c1-7-6-8(9(2)3)4-5-10(7)11/h4-6,11H,1-3H3/q+1. The van der Waals surface area contributed by atoms with Gasteiger partial charge in [-0.2, -0.15) is 0 Å². The molecule has 0 spiro atoms. The first-order valence-electron chi connectivity index (χ1n) is 3.50. The van der Waals surface area contributed by atoms with E-state index in [-0.39, 0.29) is 0 Å². The van der Waals surface area contributed by atoms with Gasteiger partial charge in [0.2, 0.25) is 11.9 Å². The van der Waals surface area contributed by atoms with Gasteiger partial charge in [0.05, 0.1) is 0 Å². The van der Waals surface area contributed by atoms with E-state index in [1.54, 1.807) is 6.20 Å². The van der Waals surface area contributed by atoms with E-state index in [9.17, 15) is 0 Å². The van der Waals surface area contributed by atoms with Gasteiger partial charge in [-0.1, -0.05) is 0 Å². The van der Waals surface area contributed by atoms with Crippen molar-refractivity contribution < 1.29 is 9.94 Å². The Bertz CT molecular complexity index is 258. The highest BCUT2D eigenvalue weighted by molar-refractivity contribution is 5.43. The lowest BCUT2D eigenvalue weighted by Crippen LogP contribution is -2.33. The Labute approximate surface area is 66.5 Å². The van der Waals surface area contributed by atoms with Crippen molar-refractivity contribution in [3.63, 3.8) is 0 Å². The van der Waals surface area contributed by atoms with Crippen molar-refractivity contribution in [1.82, 2.24) is 0 Å². The number of hydrogen-bond donors (Lipinski definition) is 1. The zero-order valence-corrected chi connectivity index (χ0v) is 7.07. The van der Waals surface area contributed by atoms with Crippen LogP contribution in [0.2, 0.25) is 0 Å². The van der Waals surface area contributed by atoms with E-state index in [2.05, 4.69) is 0 Å². The maximum atomic E-state index is 9.12. The van der Waals surface area contributed by atoms with Gasteiger partial charge >= 0.3 is 0 Å². The minimum absolute atomic E-state index is 0.830. The molecule has 0 fully saturated rings. The lowest BCUT2D eigenvalue weighted by atomic mass is 10.3. The average molecular weight is 153 g/mol. The highest BCUT2D eigenvalue weighted by Gasteiger charge is 2.05. The Morgan fingerprint density at radius 1 is 1.45 bits per heavy atom. The molecule has 11 heavy (non-hydrogen) atoms. The maximum Gasteiger partial charge on any atom is 0.233 e. The second-order valence-corrected chi connectivity index (χ2v) is 2.77. The van der Waals surface area contributed by atoms with Gasteiger partial charge in [0.15, 0.2) is 0 Å². The fraction of sp³-hybridized carbons (Fsp3) is 0.375. The van der Waals surface area contributed by atoms with E-state index in [0.717, 1.165) is 16.1 Å². The number of aryl methyl sites for hydroxylation is 1. The van der Waals surface area contributed by atoms with Gasteiger partial charge in [-0.05, 0) is 0 Å². The lowest BCUT2D eigenvalue weighted by molar-refractivity contribution is -0.908. The van der Waals surface area contributed by atoms with Gasteiger partial charge in [0.1, 0.15) is 0 Å². The van der Waals surface area contributed by atoms with E-state index >= 15 is 0 Å². The predicted octanol–water partition coefficient (Wildman–Crippen LogP) is 0.586. The molecule has 0 bridgehead atoms. The van der Waals surface area contributed by atoms with E-state index in [4.69, 9.17) is 5.21 Å². The number of anilines is 1. The van der Waals surface area contributed by atoms with Gasteiger partial charge in [-0.3, -0.25) is 5.21 Å². The average Bonchev–Trinajstić information content (AvgIpc) is 1.94. The van der Waals surface area contributed by atoms with Gasteiger partial charge in [0, 0.05) is 43.6 Å². The Balaban J connectivity index is 3.05. The molecule has 1 aromatic heterocycles. The zero-order chi connectivity index (χ0) is 8.43. The molecule has 0 radical (unpaired) electrons. The number of rotatable bonds is 1. The van der Waals surface area contributed by atoms with Crippen molar-refractivity contribution in [2.24, 2.45) is 0 Å². The smallest absolute Gasteiger partial charge is 0.233 e. The van der Waals surface area contributed by atoms with Crippen LogP contribution in [-0.2, 0) is 0 Å². The summed E-state index contributed by atoms with van der Waals surface area (Å²) in [5.74, 6) is 0. The topological polar surface area (TPSA) is 27.4 Å². The Morgan fingerprint density at radius 3 is 2.55 bits per heavy atom. The molecule has 0 amide bonds. The van der Waals surface area contributed by atoms with Crippen LogP contribution in [0.4, 0.5) is 5.69 Å². The molecular formula is C8H13N2O+. The SMILES string of the molecule is Cc1cc(N(C)C)cc[n+]1O. The first kappa shape index (κ1) is 7.85. The van der Waals surface area contributed by atoms with Gasteiger partial charge in [0.25, 0.3) is 0 Å². The van der Waals surface area contributed by atoms with Crippen molar-refractivity contribution in [2.75, 3.05) is 19.0 Å². The number of aromatic nitrogens is 1. The largest absolute Gasteiger partial charge is 0.377 e. The van der Waals surface area contributed by atoms with Crippen LogP contribution in [0, 0.1) is 6.92 Å². The Hall–Kier alpha value is -1.25. The number of hydrogen-bond acceptors (Lipinski definition) is 2. The minimum Gasteiger partial charge on any atom is -0.377 e. The van der Waals surface area contributed by atoms with Crippen molar-refractivity contribution in [1.29, 1.82) is 0 Å². The van der Waals surface area contributed by atoms with Crippen molar-refractivity contribution >= 4 is 5.69 Å². The molecule has 1 N–H and O–H groups in total. The van der Waals surface area contributed by atoms with Crippen molar-refractivity contribution in [3.8, 4) is 0 Å². The molecule has 0 aromatic carbocycles. The van der Waals surface area contributed by atoms with Crippen LogP contribution in [0.15, 0.2) is 18.3 Å². The maximum absolute atomic E-state index is 9.12. The number of pyridine rings is 1. The third-order valence-corrected chi connectivity index (χ3v) is 1.62. The third kappa shape index (κ3) is 1.61. The van der Waals surface area contributed by atoms with Crippen molar-refractivity contribution in [2.45, 2.75) is 6.92 Å². The van der Waals surface area contributed by atoms with Crippen LogP contribution >= 0.6 is 0 Å². The second-order valence-electron chi connectivity index (χ2n) is 2.77. The third-order valence-electron chi connectivity index (χ3n) is 1.62. The molecule has 0 atom stereocenters. The molecule has 0 aliphatic rings. The monoisotopic (exact) mass is 153 g/mol. The molecule has 0 unspecified atom stereocenters. The summed E-state index contributed by atoms with van der Waals surface area (Å²) in [6.07, 6.45) is 1.63. The first-order valence-corrected chi connectivity index (χ1v) is 3.50. The molecule has 1 heterocycles. The number of nitrogens with zero attached hydrogens (tertiary/aromatic N) is 2. The molecule has 1 aromatic rings. The summed E-state index contributed by atoms with van der Waals surface area (Å²) in [5.41, 5.74) is 1.92. The Kier molecular flexibility index (Phi) is 1.98. The van der Waals surface area contributed by atoms with Crippen LogP contribution in [-0.4, -0.2) is 19.3 Å². The van der Waals surface area contributed by atoms with Gasteiger partial charge < -0.3 is 4.90 Å². The summed E-state index contributed by atoms with van der Waals surface area (Å²) >= 11 is 0. The van der Waals surface area contributed by atoms with Gasteiger partial charge in [-0.25, -0.2) is 0 Å². The quantitative estimate of drug-likeness (QED) is 0.472. The molecule has 0 saturated heterocycles. The van der Waals surface area contributed by atoms with Crippen LogP contribution in [0.5, 0.6) is 0 Å². The highest BCUT2D eigenvalue weighted by atomic mass is 16.5. The van der Waals surface area contributed by atoms with E-state index < -0.39 is 0 Å². The summed E-state index contributed by atoms with van der Waals surface area (Å²) in [6.45, 7) is 1.85. The second kappa shape index (κ2) is 2.78. The van der Waals surface area contributed by atoms with Crippen LogP contribution < -0.4 is 9.63 Å². The summed E-state index contributed by atoms with van der Waals surface area (Å²) in [7, 11) is 3.94. The fourth-order valence-electron chi connectivity index (χ4n) is 0.871. The van der Waals surface area contributed by atoms with E-state index in [1.807, 2.05) is 38.1 Å². The van der Waals surface area contributed by atoms with Gasteiger partial charge in [-0.15, -0.1) is 0 Å². The molecule has 3 heteroatoms. The van der Waals surface area contributed by atoms with E-state index in [0.29, 0.717) is 0 Å². The molecule has 1 rings (SSSR count). The van der Waals surface area contributed by atoms with Crippen LogP contribution in [0.3, 0.4) is 0 Å². The summed E-state index contributed by atoms with van der Waals surface area (Å²) in [4.78, 5) is 1.99.